The van der Waals surface area contributed by atoms with E-state index in [0.717, 1.165) is 0 Å². The third kappa shape index (κ3) is 4.46. The average Bonchev–Trinajstić information content (AvgIpc) is 2.18. The molecule has 1 aromatic carbocycles. The summed E-state index contributed by atoms with van der Waals surface area (Å²) in [5.74, 6) is -0.844. The van der Waals surface area contributed by atoms with E-state index >= 15 is 0 Å². The van der Waals surface area contributed by atoms with Gasteiger partial charge in [-0.05, 0) is 37.1 Å². The maximum Gasteiger partial charge on any atom is 0.335 e. The number of aliphatic hydroxyl groups excluding tert-OH is 1. The third-order valence-electron chi connectivity index (χ3n) is 1.70. The second-order valence-corrected chi connectivity index (χ2v) is 2.82. The number of hydrogen-bond acceptors (Lipinski definition) is 3. The quantitative estimate of drug-likeness (QED) is 0.696. The van der Waals surface area contributed by atoms with Crippen molar-refractivity contribution in [1.82, 2.24) is 0 Å². The molecule has 0 fully saturated rings. The molecule has 0 aliphatic carbocycles. The van der Waals surface area contributed by atoms with Crippen LogP contribution in [-0.4, -0.2) is 27.9 Å². The fraction of sp³-hybridized carbons (Fsp3) is 0.364. The van der Waals surface area contributed by atoms with Crippen LogP contribution in [0.2, 0.25) is 0 Å². The van der Waals surface area contributed by atoms with Gasteiger partial charge in [0.1, 0.15) is 5.75 Å². The van der Waals surface area contributed by atoms with Crippen molar-refractivity contribution < 1.29 is 20.1 Å². The van der Waals surface area contributed by atoms with Gasteiger partial charge in [0.25, 0.3) is 0 Å². The van der Waals surface area contributed by atoms with Crippen molar-refractivity contribution in [3.05, 3.63) is 29.3 Å². The van der Waals surface area contributed by atoms with Crippen LogP contribution in [0.25, 0.3) is 0 Å². The highest BCUT2D eigenvalue weighted by Gasteiger charge is 2.08. The Morgan fingerprint density at radius 1 is 1.33 bits per heavy atom. The van der Waals surface area contributed by atoms with Gasteiger partial charge in [-0.15, -0.1) is 0 Å². The van der Waals surface area contributed by atoms with E-state index in [-0.39, 0.29) is 17.9 Å². The minimum Gasteiger partial charge on any atom is -0.508 e. The molecule has 0 heterocycles. The first-order chi connectivity index (χ1) is 7.06. The second-order valence-electron chi connectivity index (χ2n) is 2.82. The van der Waals surface area contributed by atoms with Gasteiger partial charge >= 0.3 is 5.97 Å². The molecular weight excluding hydrogens is 196 g/mol. The lowest BCUT2D eigenvalue weighted by atomic mass is 10.1. The SMILES string of the molecule is CCO.CCc1cc(O)ccc1C(=O)O. The second kappa shape index (κ2) is 6.84. The highest BCUT2D eigenvalue weighted by molar-refractivity contribution is 5.89. The number of carboxylic acids is 1. The Morgan fingerprint density at radius 2 is 1.87 bits per heavy atom. The van der Waals surface area contributed by atoms with Gasteiger partial charge in [0.15, 0.2) is 0 Å². The van der Waals surface area contributed by atoms with Crippen molar-refractivity contribution in [2.75, 3.05) is 6.61 Å². The zero-order valence-electron chi connectivity index (χ0n) is 8.90. The lowest BCUT2D eigenvalue weighted by Crippen LogP contribution is -2.00. The molecule has 1 aromatic rings. The number of aromatic carboxylic acids is 1. The standard InChI is InChI=1S/C9H10O3.C2H6O/c1-2-6-5-7(10)3-4-8(6)9(11)12;1-2-3/h3-5,10H,2H2,1H3,(H,11,12);3H,2H2,1H3. The predicted octanol–water partition coefficient (Wildman–Crippen LogP) is 1.65. The normalized spacial score (nSPS) is 9.00. The minimum atomic E-state index is -0.952. The van der Waals surface area contributed by atoms with Gasteiger partial charge in [-0.3, -0.25) is 0 Å². The van der Waals surface area contributed by atoms with Crippen molar-refractivity contribution >= 4 is 5.97 Å². The van der Waals surface area contributed by atoms with Gasteiger partial charge in [0.05, 0.1) is 5.56 Å². The number of aryl methyl sites for hydroxylation is 1. The first-order valence-corrected chi connectivity index (χ1v) is 4.72. The van der Waals surface area contributed by atoms with Gasteiger partial charge < -0.3 is 15.3 Å². The van der Waals surface area contributed by atoms with Crippen LogP contribution in [-0.2, 0) is 6.42 Å². The number of carbonyl (C=O) groups is 1. The molecule has 0 spiro atoms. The molecule has 0 aliphatic heterocycles. The molecule has 0 bridgehead atoms. The topological polar surface area (TPSA) is 77.8 Å². The first kappa shape index (κ1) is 13.4. The fourth-order valence-electron chi connectivity index (χ4n) is 1.08. The summed E-state index contributed by atoms with van der Waals surface area (Å²) < 4.78 is 0. The largest absolute Gasteiger partial charge is 0.508 e. The highest BCUT2D eigenvalue weighted by atomic mass is 16.4. The van der Waals surface area contributed by atoms with Crippen molar-refractivity contribution in [3.8, 4) is 5.75 Å². The molecule has 84 valence electrons. The molecule has 0 atom stereocenters. The molecule has 1 rings (SSSR count). The van der Waals surface area contributed by atoms with E-state index in [1.807, 2.05) is 6.92 Å². The van der Waals surface area contributed by atoms with Crippen molar-refractivity contribution in [3.63, 3.8) is 0 Å². The summed E-state index contributed by atoms with van der Waals surface area (Å²) in [4.78, 5) is 10.6. The Kier molecular flexibility index (Phi) is 6.13. The molecule has 0 aliphatic rings. The fourth-order valence-corrected chi connectivity index (χ4v) is 1.08. The average molecular weight is 212 g/mol. The van der Waals surface area contributed by atoms with Crippen LogP contribution in [0, 0.1) is 0 Å². The number of aliphatic hydroxyl groups is 1. The molecular formula is C11H16O4. The zero-order chi connectivity index (χ0) is 11.8. The van der Waals surface area contributed by atoms with Crippen LogP contribution >= 0.6 is 0 Å². The lowest BCUT2D eigenvalue weighted by Gasteiger charge is -2.02. The molecule has 4 nitrogen and oxygen atoms in total. The number of benzene rings is 1. The molecule has 0 saturated heterocycles. The van der Waals surface area contributed by atoms with E-state index in [9.17, 15) is 4.79 Å². The van der Waals surface area contributed by atoms with E-state index in [1.54, 1.807) is 6.92 Å². The van der Waals surface area contributed by atoms with Crippen LogP contribution in [0.1, 0.15) is 29.8 Å². The lowest BCUT2D eigenvalue weighted by molar-refractivity contribution is 0.0695. The third-order valence-corrected chi connectivity index (χ3v) is 1.70. The summed E-state index contributed by atoms with van der Waals surface area (Å²) in [6.07, 6.45) is 0.607. The molecule has 3 N–H and O–H groups in total. The number of phenols is 1. The predicted molar refractivity (Wildman–Crippen MR) is 57.2 cm³/mol. The van der Waals surface area contributed by atoms with Crippen molar-refractivity contribution in [2.45, 2.75) is 20.3 Å². The smallest absolute Gasteiger partial charge is 0.335 e. The number of aromatic hydroxyl groups is 1. The van der Waals surface area contributed by atoms with E-state index in [4.69, 9.17) is 15.3 Å². The number of carboxylic acid groups (broad SMARTS) is 1. The van der Waals surface area contributed by atoms with E-state index in [1.165, 1.54) is 18.2 Å². The van der Waals surface area contributed by atoms with Gasteiger partial charge in [-0.25, -0.2) is 4.79 Å². The Bertz CT molecular complexity index is 320. The van der Waals surface area contributed by atoms with Crippen LogP contribution in [0.4, 0.5) is 0 Å². The van der Waals surface area contributed by atoms with E-state index in [0.29, 0.717) is 12.0 Å². The Labute approximate surface area is 88.8 Å². The highest BCUT2D eigenvalue weighted by Crippen LogP contribution is 2.16. The molecule has 0 radical (unpaired) electrons. The summed E-state index contributed by atoms with van der Waals surface area (Å²) in [5.41, 5.74) is 0.915. The molecule has 0 aromatic heterocycles. The van der Waals surface area contributed by atoms with Gasteiger partial charge in [-0.1, -0.05) is 6.92 Å². The minimum absolute atomic E-state index is 0.108. The number of hydrogen-bond donors (Lipinski definition) is 3. The van der Waals surface area contributed by atoms with E-state index in [2.05, 4.69) is 0 Å². The van der Waals surface area contributed by atoms with E-state index < -0.39 is 5.97 Å². The first-order valence-electron chi connectivity index (χ1n) is 4.72. The van der Waals surface area contributed by atoms with Crippen LogP contribution in [0.15, 0.2) is 18.2 Å². The summed E-state index contributed by atoms with van der Waals surface area (Å²) in [5, 5.41) is 25.3. The van der Waals surface area contributed by atoms with Crippen molar-refractivity contribution in [2.24, 2.45) is 0 Å². The monoisotopic (exact) mass is 212 g/mol. The molecule has 4 heteroatoms. The number of phenolic OH excluding ortho intramolecular Hbond substituents is 1. The van der Waals surface area contributed by atoms with Gasteiger partial charge in [0, 0.05) is 6.61 Å². The maximum absolute atomic E-state index is 10.6. The van der Waals surface area contributed by atoms with Gasteiger partial charge in [-0.2, -0.15) is 0 Å². The van der Waals surface area contributed by atoms with Crippen molar-refractivity contribution in [1.29, 1.82) is 0 Å². The Hall–Kier alpha value is -1.55. The Balaban J connectivity index is 0.000000583. The zero-order valence-corrected chi connectivity index (χ0v) is 8.90. The summed E-state index contributed by atoms with van der Waals surface area (Å²) >= 11 is 0. The summed E-state index contributed by atoms with van der Waals surface area (Å²) in [6, 6.07) is 4.27. The molecule has 15 heavy (non-hydrogen) atoms. The number of rotatable bonds is 2. The Morgan fingerprint density at radius 3 is 2.27 bits per heavy atom. The molecule has 0 saturated carbocycles. The molecule has 0 unspecified atom stereocenters. The van der Waals surface area contributed by atoms with Crippen LogP contribution < -0.4 is 0 Å². The molecule has 0 amide bonds. The maximum atomic E-state index is 10.6. The van der Waals surface area contributed by atoms with Crippen LogP contribution in [0.3, 0.4) is 0 Å². The summed E-state index contributed by atoms with van der Waals surface area (Å²) in [7, 11) is 0. The van der Waals surface area contributed by atoms with Crippen LogP contribution in [0.5, 0.6) is 5.75 Å². The summed E-state index contributed by atoms with van der Waals surface area (Å²) in [6.45, 7) is 3.78. The van der Waals surface area contributed by atoms with Gasteiger partial charge in [0.2, 0.25) is 0 Å².